The zero-order valence-corrected chi connectivity index (χ0v) is 9.51. The van der Waals surface area contributed by atoms with Crippen molar-refractivity contribution in [2.45, 2.75) is 39.4 Å². The molecule has 0 radical (unpaired) electrons. The van der Waals surface area contributed by atoms with Crippen molar-refractivity contribution < 1.29 is 9.84 Å². The Morgan fingerprint density at radius 2 is 2.36 bits per heavy atom. The molecular formula is C10H17NO2S. The molecule has 4 heteroatoms. The Bertz CT molecular complexity index is 256. The highest BCUT2D eigenvalue weighted by molar-refractivity contribution is 7.11. The van der Waals surface area contributed by atoms with Crippen LogP contribution in [0.3, 0.4) is 0 Å². The normalized spacial score (nSPS) is 13.1. The molecule has 1 atom stereocenters. The summed E-state index contributed by atoms with van der Waals surface area (Å²) in [6.07, 6.45) is 3.90. The summed E-state index contributed by atoms with van der Waals surface area (Å²) >= 11 is 1.53. The van der Waals surface area contributed by atoms with E-state index in [9.17, 15) is 0 Å². The zero-order chi connectivity index (χ0) is 10.4. The van der Waals surface area contributed by atoms with Crippen LogP contribution in [-0.4, -0.2) is 16.7 Å². The van der Waals surface area contributed by atoms with Gasteiger partial charge in [0, 0.05) is 12.8 Å². The van der Waals surface area contributed by atoms with Gasteiger partial charge in [-0.05, 0) is 13.3 Å². The van der Waals surface area contributed by atoms with Crippen molar-refractivity contribution in [3.8, 4) is 0 Å². The number of rotatable bonds is 6. The first-order chi connectivity index (χ1) is 6.81. The second-order valence-corrected chi connectivity index (χ2v) is 4.20. The molecule has 0 aromatic carbocycles. The summed E-state index contributed by atoms with van der Waals surface area (Å²) in [7, 11) is 0. The maximum absolute atomic E-state index is 8.92. The van der Waals surface area contributed by atoms with Gasteiger partial charge in [-0.1, -0.05) is 13.3 Å². The van der Waals surface area contributed by atoms with Crippen molar-refractivity contribution >= 4 is 11.3 Å². The van der Waals surface area contributed by atoms with Crippen LogP contribution in [0.2, 0.25) is 0 Å². The molecule has 0 saturated carbocycles. The summed E-state index contributed by atoms with van der Waals surface area (Å²) in [5, 5.41) is 9.91. The molecule has 3 nitrogen and oxygen atoms in total. The Hall–Kier alpha value is -0.450. The first kappa shape index (κ1) is 11.6. The third-order valence-electron chi connectivity index (χ3n) is 1.92. The van der Waals surface area contributed by atoms with E-state index in [0.29, 0.717) is 6.61 Å². The fourth-order valence-electron chi connectivity index (χ4n) is 1.29. The van der Waals surface area contributed by atoms with E-state index in [1.807, 2.05) is 6.92 Å². The fourth-order valence-corrected chi connectivity index (χ4v) is 2.15. The lowest BCUT2D eigenvalue weighted by atomic mass is 10.2. The van der Waals surface area contributed by atoms with Crippen LogP contribution in [0.1, 0.15) is 42.7 Å². The van der Waals surface area contributed by atoms with E-state index < -0.39 is 0 Å². The van der Waals surface area contributed by atoms with Crippen molar-refractivity contribution in [2.75, 3.05) is 6.61 Å². The van der Waals surface area contributed by atoms with Gasteiger partial charge in [0.25, 0.3) is 0 Å². The van der Waals surface area contributed by atoms with Gasteiger partial charge in [0.1, 0.15) is 11.1 Å². The zero-order valence-electron chi connectivity index (χ0n) is 8.69. The maximum atomic E-state index is 8.92. The molecule has 14 heavy (non-hydrogen) atoms. The predicted octanol–water partition coefficient (Wildman–Crippen LogP) is 2.51. The number of aromatic nitrogens is 1. The van der Waals surface area contributed by atoms with E-state index in [1.54, 1.807) is 6.20 Å². The molecule has 1 heterocycles. The predicted molar refractivity (Wildman–Crippen MR) is 57.3 cm³/mol. The summed E-state index contributed by atoms with van der Waals surface area (Å²) < 4.78 is 5.59. The van der Waals surface area contributed by atoms with Crippen molar-refractivity contribution in [3.05, 3.63) is 16.1 Å². The van der Waals surface area contributed by atoms with E-state index in [2.05, 4.69) is 11.9 Å². The first-order valence-corrected chi connectivity index (χ1v) is 5.80. The second-order valence-electron chi connectivity index (χ2n) is 3.06. The largest absolute Gasteiger partial charge is 0.391 e. The summed E-state index contributed by atoms with van der Waals surface area (Å²) in [6.45, 7) is 4.90. The van der Waals surface area contributed by atoms with Crippen molar-refractivity contribution in [1.82, 2.24) is 4.98 Å². The average molecular weight is 215 g/mol. The number of hydrogen-bond acceptors (Lipinski definition) is 4. The van der Waals surface area contributed by atoms with Crippen LogP contribution in [0.15, 0.2) is 6.20 Å². The lowest BCUT2D eigenvalue weighted by Gasteiger charge is -2.12. The van der Waals surface area contributed by atoms with E-state index in [4.69, 9.17) is 9.84 Å². The molecule has 1 aromatic rings. The molecule has 1 rings (SSSR count). The van der Waals surface area contributed by atoms with Gasteiger partial charge in [-0.25, -0.2) is 4.98 Å². The van der Waals surface area contributed by atoms with E-state index >= 15 is 0 Å². The summed E-state index contributed by atoms with van der Waals surface area (Å²) in [4.78, 5) is 5.16. The van der Waals surface area contributed by atoms with Gasteiger partial charge in [0.15, 0.2) is 0 Å². The SMILES string of the molecule is CCCC(OCC)c1ncc(CO)s1. The summed E-state index contributed by atoms with van der Waals surface area (Å²) in [6, 6.07) is 0. The summed E-state index contributed by atoms with van der Waals surface area (Å²) in [5.41, 5.74) is 0. The second kappa shape index (κ2) is 6.11. The van der Waals surface area contributed by atoms with Crippen LogP contribution in [0.4, 0.5) is 0 Å². The molecule has 1 aromatic heterocycles. The molecule has 0 spiro atoms. The first-order valence-electron chi connectivity index (χ1n) is 4.98. The Kier molecular flexibility index (Phi) is 5.07. The van der Waals surface area contributed by atoms with Gasteiger partial charge in [0.05, 0.1) is 11.5 Å². The minimum Gasteiger partial charge on any atom is -0.391 e. The van der Waals surface area contributed by atoms with Crippen molar-refractivity contribution in [3.63, 3.8) is 0 Å². The Balaban J connectivity index is 2.65. The summed E-state index contributed by atoms with van der Waals surface area (Å²) in [5.74, 6) is 0. The molecule has 0 amide bonds. The highest BCUT2D eigenvalue weighted by Gasteiger charge is 2.14. The van der Waals surface area contributed by atoms with Gasteiger partial charge >= 0.3 is 0 Å². The molecule has 0 aliphatic carbocycles. The highest BCUT2D eigenvalue weighted by Crippen LogP contribution is 2.26. The molecule has 0 fully saturated rings. The van der Waals surface area contributed by atoms with Crippen LogP contribution >= 0.6 is 11.3 Å². The van der Waals surface area contributed by atoms with Crippen molar-refractivity contribution in [2.24, 2.45) is 0 Å². The standard InChI is InChI=1S/C10H17NO2S/c1-3-5-9(13-4-2)10-11-6-8(7-12)14-10/h6,9,12H,3-5,7H2,1-2H3. The molecule has 0 aliphatic heterocycles. The quantitative estimate of drug-likeness (QED) is 0.793. The molecule has 1 N–H and O–H groups in total. The fraction of sp³-hybridized carbons (Fsp3) is 0.700. The number of ether oxygens (including phenoxy) is 1. The van der Waals surface area contributed by atoms with Crippen LogP contribution in [0.5, 0.6) is 0 Å². The van der Waals surface area contributed by atoms with Gasteiger partial charge in [-0.15, -0.1) is 11.3 Å². The Labute approximate surface area is 88.8 Å². The lowest BCUT2D eigenvalue weighted by molar-refractivity contribution is 0.0555. The molecule has 0 bridgehead atoms. The van der Waals surface area contributed by atoms with Crippen LogP contribution in [0.25, 0.3) is 0 Å². The van der Waals surface area contributed by atoms with E-state index in [1.165, 1.54) is 11.3 Å². The number of hydrogen-bond donors (Lipinski definition) is 1. The van der Waals surface area contributed by atoms with Crippen LogP contribution in [-0.2, 0) is 11.3 Å². The van der Waals surface area contributed by atoms with Gasteiger partial charge in [-0.2, -0.15) is 0 Å². The minimum absolute atomic E-state index is 0.0721. The number of thiazole rings is 1. The van der Waals surface area contributed by atoms with Crippen LogP contribution < -0.4 is 0 Å². The van der Waals surface area contributed by atoms with Gasteiger partial charge in [0.2, 0.25) is 0 Å². The average Bonchev–Trinajstić information content (AvgIpc) is 2.65. The molecule has 1 unspecified atom stereocenters. The van der Waals surface area contributed by atoms with Gasteiger partial charge in [-0.3, -0.25) is 0 Å². The molecule has 80 valence electrons. The topological polar surface area (TPSA) is 42.4 Å². The van der Waals surface area contributed by atoms with E-state index in [0.717, 1.165) is 22.7 Å². The van der Waals surface area contributed by atoms with Crippen LogP contribution in [0, 0.1) is 0 Å². The smallest absolute Gasteiger partial charge is 0.122 e. The van der Waals surface area contributed by atoms with E-state index in [-0.39, 0.29) is 12.7 Å². The number of aliphatic hydroxyl groups excluding tert-OH is 1. The third kappa shape index (κ3) is 3.04. The third-order valence-corrected chi connectivity index (χ3v) is 3.00. The lowest BCUT2D eigenvalue weighted by Crippen LogP contribution is -2.03. The molecule has 0 saturated heterocycles. The van der Waals surface area contributed by atoms with Crippen molar-refractivity contribution in [1.29, 1.82) is 0 Å². The minimum atomic E-state index is 0.0721. The maximum Gasteiger partial charge on any atom is 0.122 e. The number of aliphatic hydroxyl groups is 1. The van der Waals surface area contributed by atoms with Gasteiger partial charge < -0.3 is 9.84 Å². The monoisotopic (exact) mass is 215 g/mol. The Morgan fingerprint density at radius 1 is 1.57 bits per heavy atom. The molecule has 0 aliphatic rings. The highest BCUT2D eigenvalue weighted by atomic mass is 32.1. The number of nitrogens with zero attached hydrogens (tertiary/aromatic N) is 1. The molecular weight excluding hydrogens is 198 g/mol. The Morgan fingerprint density at radius 3 is 2.86 bits per heavy atom.